The van der Waals surface area contributed by atoms with Crippen molar-refractivity contribution in [3.8, 4) is 5.75 Å². The van der Waals surface area contributed by atoms with Gasteiger partial charge in [0.25, 0.3) is 0 Å². The lowest BCUT2D eigenvalue weighted by Crippen LogP contribution is -2.23. The Hall–Kier alpha value is -1.32. The maximum absolute atomic E-state index is 5.46. The van der Waals surface area contributed by atoms with Crippen LogP contribution in [0.15, 0.2) is 46.9 Å². The first kappa shape index (κ1) is 16.1. The minimum absolute atomic E-state index is 0.188. The van der Waals surface area contributed by atoms with Gasteiger partial charge in [0.2, 0.25) is 0 Å². The summed E-state index contributed by atoms with van der Waals surface area (Å²) in [6.45, 7) is 5.23. The van der Waals surface area contributed by atoms with Crippen LogP contribution in [0.1, 0.15) is 36.1 Å². The number of nitrogens with one attached hydrogen (secondary N) is 1. The molecular formula is C18H22BrNO. The van der Waals surface area contributed by atoms with E-state index in [0.717, 1.165) is 28.8 Å². The second kappa shape index (κ2) is 7.62. The van der Waals surface area contributed by atoms with Crippen molar-refractivity contribution in [2.24, 2.45) is 0 Å². The Balaban J connectivity index is 2.37. The summed E-state index contributed by atoms with van der Waals surface area (Å²) < 4.78 is 6.56. The molecule has 2 nitrogen and oxygen atoms in total. The van der Waals surface area contributed by atoms with Crippen LogP contribution >= 0.6 is 15.9 Å². The van der Waals surface area contributed by atoms with Crippen molar-refractivity contribution in [3.63, 3.8) is 0 Å². The van der Waals surface area contributed by atoms with Gasteiger partial charge in [-0.3, -0.25) is 0 Å². The first-order valence-corrected chi connectivity index (χ1v) is 8.08. The van der Waals surface area contributed by atoms with Gasteiger partial charge in [-0.2, -0.15) is 0 Å². The van der Waals surface area contributed by atoms with Crippen LogP contribution in [0.4, 0.5) is 0 Å². The van der Waals surface area contributed by atoms with E-state index in [9.17, 15) is 0 Å². The highest BCUT2D eigenvalue weighted by atomic mass is 79.9. The first-order chi connectivity index (χ1) is 10.2. The molecule has 0 fully saturated rings. The lowest BCUT2D eigenvalue weighted by Gasteiger charge is -2.21. The van der Waals surface area contributed by atoms with Crippen molar-refractivity contribution in [2.75, 3.05) is 13.7 Å². The van der Waals surface area contributed by atoms with Gasteiger partial charge >= 0.3 is 0 Å². The number of hydrogen-bond acceptors (Lipinski definition) is 2. The van der Waals surface area contributed by atoms with Crippen LogP contribution in [0.25, 0.3) is 0 Å². The normalized spacial score (nSPS) is 12.2. The smallest absolute Gasteiger partial charge is 0.122 e. The van der Waals surface area contributed by atoms with E-state index < -0.39 is 0 Å². The van der Waals surface area contributed by atoms with Crippen LogP contribution in [-0.4, -0.2) is 13.7 Å². The third kappa shape index (κ3) is 4.08. The fourth-order valence-electron chi connectivity index (χ4n) is 2.39. The second-order valence-electron chi connectivity index (χ2n) is 5.17. The molecule has 2 aromatic rings. The Kier molecular flexibility index (Phi) is 5.83. The third-order valence-corrected chi connectivity index (χ3v) is 4.10. The number of rotatable bonds is 6. The SMILES string of the molecule is CCCNC(c1ccc(Br)cc1)c1ccc(C)c(OC)c1. The Labute approximate surface area is 135 Å². The molecule has 0 aliphatic heterocycles. The number of benzene rings is 2. The molecule has 1 unspecified atom stereocenters. The van der Waals surface area contributed by atoms with Gasteiger partial charge in [-0.15, -0.1) is 0 Å². The van der Waals surface area contributed by atoms with Gasteiger partial charge in [-0.05, 0) is 54.8 Å². The summed E-state index contributed by atoms with van der Waals surface area (Å²) in [5.74, 6) is 0.938. The second-order valence-corrected chi connectivity index (χ2v) is 6.08. The summed E-state index contributed by atoms with van der Waals surface area (Å²) in [4.78, 5) is 0. The van der Waals surface area contributed by atoms with Crippen LogP contribution in [0.5, 0.6) is 5.75 Å². The summed E-state index contributed by atoms with van der Waals surface area (Å²) in [5.41, 5.74) is 3.65. The Morgan fingerprint density at radius 3 is 2.38 bits per heavy atom. The van der Waals surface area contributed by atoms with E-state index in [2.05, 4.69) is 77.6 Å². The fourth-order valence-corrected chi connectivity index (χ4v) is 2.65. The van der Waals surface area contributed by atoms with E-state index in [0.29, 0.717) is 0 Å². The quantitative estimate of drug-likeness (QED) is 0.805. The topological polar surface area (TPSA) is 21.3 Å². The van der Waals surface area contributed by atoms with E-state index in [-0.39, 0.29) is 6.04 Å². The van der Waals surface area contributed by atoms with E-state index in [1.807, 2.05) is 0 Å². The molecule has 0 spiro atoms. The van der Waals surface area contributed by atoms with Crippen LogP contribution in [-0.2, 0) is 0 Å². The van der Waals surface area contributed by atoms with Gasteiger partial charge in [0.05, 0.1) is 13.2 Å². The molecule has 0 aliphatic carbocycles. The predicted octanol–water partition coefficient (Wildman–Crippen LogP) is 4.86. The summed E-state index contributed by atoms with van der Waals surface area (Å²) in [7, 11) is 1.72. The fraction of sp³-hybridized carbons (Fsp3) is 0.333. The van der Waals surface area contributed by atoms with Crippen LogP contribution in [0.3, 0.4) is 0 Å². The summed E-state index contributed by atoms with van der Waals surface area (Å²) in [5, 5.41) is 3.62. The van der Waals surface area contributed by atoms with Crippen LogP contribution in [0, 0.1) is 6.92 Å². The average molecular weight is 348 g/mol. The molecule has 0 bridgehead atoms. The molecule has 21 heavy (non-hydrogen) atoms. The molecular weight excluding hydrogens is 326 g/mol. The summed E-state index contributed by atoms with van der Waals surface area (Å²) in [6, 6.07) is 15.1. The molecule has 0 heterocycles. The largest absolute Gasteiger partial charge is 0.496 e. The van der Waals surface area contributed by atoms with Crippen LogP contribution in [0.2, 0.25) is 0 Å². The zero-order valence-corrected chi connectivity index (χ0v) is 14.4. The Bertz CT molecular complexity index is 580. The molecule has 0 saturated heterocycles. The van der Waals surface area contributed by atoms with E-state index in [1.165, 1.54) is 11.1 Å². The van der Waals surface area contributed by atoms with Gasteiger partial charge < -0.3 is 10.1 Å². The zero-order chi connectivity index (χ0) is 15.2. The van der Waals surface area contributed by atoms with Gasteiger partial charge in [-0.1, -0.05) is 47.1 Å². The maximum Gasteiger partial charge on any atom is 0.122 e. The highest BCUT2D eigenvalue weighted by molar-refractivity contribution is 9.10. The highest BCUT2D eigenvalue weighted by Gasteiger charge is 2.14. The standard InChI is InChI=1S/C18H22BrNO/c1-4-11-20-18(14-7-9-16(19)10-8-14)15-6-5-13(2)17(12-15)21-3/h5-10,12,18,20H,4,11H2,1-3H3. The van der Waals surface area contributed by atoms with Crippen molar-refractivity contribution < 1.29 is 4.74 Å². The zero-order valence-electron chi connectivity index (χ0n) is 12.8. The molecule has 2 rings (SSSR count). The molecule has 0 aromatic heterocycles. The molecule has 1 N–H and O–H groups in total. The lowest BCUT2D eigenvalue weighted by molar-refractivity contribution is 0.410. The number of ether oxygens (including phenoxy) is 1. The van der Waals surface area contributed by atoms with Gasteiger partial charge in [0.1, 0.15) is 5.75 Å². The van der Waals surface area contributed by atoms with Crippen molar-refractivity contribution in [1.82, 2.24) is 5.32 Å². The summed E-state index contributed by atoms with van der Waals surface area (Å²) in [6.07, 6.45) is 1.11. The molecule has 112 valence electrons. The first-order valence-electron chi connectivity index (χ1n) is 7.29. The van der Waals surface area contributed by atoms with Gasteiger partial charge in [0.15, 0.2) is 0 Å². The number of halogens is 1. The molecule has 0 radical (unpaired) electrons. The van der Waals surface area contributed by atoms with Crippen LogP contribution < -0.4 is 10.1 Å². The van der Waals surface area contributed by atoms with E-state index >= 15 is 0 Å². The van der Waals surface area contributed by atoms with Crippen molar-refractivity contribution in [1.29, 1.82) is 0 Å². The molecule has 1 atom stereocenters. The maximum atomic E-state index is 5.46. The predicted molar refractivity (Wildman–Crippen MR) is 92.0 cm³/mol. The Morgan fingerprint density at radius 1 is 1.10 bits per heavy atom. The molecule has 0 amide bonds. The Morgan fingerprint density at radius 2 is 1.76 bits per heavy atom. The summed E-state index contributed by atoms with van der Waals surface area (Å²) >= 11 is 3.50. The van der Waals surface area contributed by atoms with Gasteiger partial charge in [0, 0.05) is 4.47 Å². The van der Waals surface area contributed by atoms with Crippen molar-refractivity contribution >= 4 is 15.9 Å². The van der Waals surface area contributed by atoms with E-state index in [1.54, 1.807) is 7.11 Å². The minimum atomic E-state index is 0.188. The third-order valence-electron chi connectivity index (χ3n) is 3.57. The van der Waals surface area contributed by atoms with Crippen molar-refractivity contribution in [2.45, 2.75) is 26.3 Å². The molecule has 3 heteroatoms. The highest BCUT2D eigenvalue weighted by Crippen LogP contribution is 2.28. The van der Waals surface area contributed by atoms with E-state index in [4.69, 9.17) is 4.74 Å². The average Bonchev–Trinajstić information content (AvgIpc) is 2.50. The number of aryl methyl sites for hydroxylation is 1. The van der Waals surface area contributed by atoms with Crippen molar-refractivity contribution in [3.05, 3.63) is 63.6 Å². The minimum Gasteiger partial charge on any atom is -0.496 e. The monoisotopic (exact) mass is 347 g/mol. The lowest BCUT2D eigenvalue weighted by atomic mass is 9.97. The molecule has 2 aromatic carbocycles. The number of hydrogen-bond donors (Lipinski definition) is 1. The molecule has 0 aliphatic rings. The number of methoxy groups -OCH3 is 1. The molecule has 0 saturated carbocycles. The van der Waals surface area contributed by atoms with Gasteiger partial charge in [-0.25, -0.2) is 0 Å².